The summed E-state index contributed by atoms with van der Waals surface area (Å²) in [4.78, 5) is 15.7. The van der Waals surface area contributed by atoms with E-state index < -0.39 is 5.97 Å². The van der Waals surface area contributed by atoms with Crippen LogP contribution in [0.2, 0.25) is 0 Å². The number of carboxylic acids is 1. The third-order valence-electron chi connectivity index (χ3n) is 3.66. The zero-order chi connectivity index (χ0) is 16.4. The molecule has 1 aromatic heterocycles. The molecule has 1 heterocycles. The Kier molecular flexibility index (Phi) is 4.26. The summed E-state index contributed by atoms with van der Waals surface area (Å²) in [6.45, 7) is 4.06. The van der Waals surface area contributed by atoms with Gasteiger partial charge in [0.05, 0.1) is 10.2 Å². The maximum atomic E-state index is 11.2. The molecule has 0 saturated heterocycles. The number of fused-ring (bicyclic) bond motifs is 1. The predicted octanol–water partition coefficient (Wildman–Crippen LogP) is 3.59. The van der Waals surface area contributed by atoms with E-state index in [1.165, 1.54) is 16.9 Å². The molecule has 2 aromatic carbocycles. The molecule has 0 amide bonds. The monoisotopic (exact) mass is 322 g/mol. The van der Waals surface area contributed by atoms with Gasteiger partial charge in [-0.1, -0.05) is 35.9 Å². The molecular formula is C19H16NO2S-. The summed E-state index contributed by atoms with van der Waals surface area (Å²) in [7, 11) is 0. The molecule has 0 aliphatic heterocycles. The molecule has 0 fully saturated rings. The van der Waals surface area contributed by atoms with E-state index in [-0.39, 0.29) is 6.42 Å². The molecule has 0 radical (unpaired) electrons. The smallest absolute Gasteiger partial charge is 0.120 e. The van der Waals surface area contributed by atoms with Gasteiger partial charge >= 0.3 is 0 Å². The van der Waals surface area contributed by atoms with Crippen molar-refractivity contribution in [1.82, 2.24) is 4.98 Å². The molecule has 3 rings (SSSR count). The van der Waals surface area contributed by atoms with E-state index in [2.05, 4.69) is 11.1 Å². The quantitative estimate of drug-likeness (QED) is 0.737. The molecular weight excluding hydrogens is 306 g/mol. The van der Waals surface area contributed by atoms with Crippen molar-refractivity contribution < 1.29 is 9.90 Å². The first kappa shape index (κ1) is 15.4. The van der Waals surface area contributed by atoms with Crippen molar-refractivity contribution in [1.29, 1.82) is 0 Å². The minimum atomic E-state index is -1.10. The summed E-state index contributed by atoms with van der Waals surface area (Å²) in [5.74, 6) is -1.10. The van der Waals surface area contributed by atoms with E-state index >= 15 is 0 Å². The van der Waals surface area contributed by atoms with Gasteiger partial charge in [-0.15, -0.1) is 11.3 Å². The molecule has 116 valence electrons. The number of hydrogen-bond donors (Lipinski definition) is 0. The van der Waals surface area contributed by atoms with Gasteiger partial charge in [-0.05, 0) is 48.8 Å². The summed E-state index contributed by atoms with van der Waals surface area (Å²) < 4.78 is 1.05. The number of para-hydroxylation sites is 1. The van der Waals surface area contributed by atoms with Crippen molar-refractivity contribution in [2.45, 2.75) is 20.3 Å². The van der Waals surface area contributed by atoms with Crippen LogP contribution in [0.15, 0.2) is 42.5 Å². The van der Waals surface area contributed by atoms with Crippen molar-refractivity contribution in [2.24, 2.45) is 0 Å². The van der Waals surface area contributed by atoms with Crippen molar-refractivity contribution in [3.05, 3.63) is 64.2 Å². The molecule has 3 aromatic rings. The fourth-order valence-corrected chi connectivity index (χ4v) is 3.51. The molecule has 0 unspecified atom stereocenters. The van der Waals surface area contributed by atoms with Gasteiger partial charge in [0, 0.05) is 12.4 Å². The minimum absolute atomic E-state index is 0.146. The third kappa shape index (κ3) is 3.48. The van der Waals surface area contributed by atoms with E-state index in [0.29, 0.717) is 5.57 Å². The van der Waals surface area contributed by atoms with E-state index in [1.807, 2.05) is 56.3 Å². The lowest BCUT2D eigenvalue weighted by atomic mass is 10.0. The van der Waals surface area contributed by atoms with Crippen LogP contribution < -0.4 is 5.11 Å². The van der Waals surface area contributed by atoms with Crippen molar-refractivity contribution in [3.63, 3.8) is 0 Å². The van der Waals surface area contributed by atoms with Crippen LogP contribution in [0, 0.1) is 13.8 Å². The highest BCUT2D eigenvalue weighted by Crippen LogP contribution is 2.30. The summed E-state index contributed by atoms with van der Waals surface area (Å²) in [6.07, 6.45) is 1.76. The second-order valence-corrected chi connectivity index (χ2v) is 6.60. The molecule has 0 atom stereocenters. The number of thiazole rings is 1. The Balaban J connectivity index is 2.09. The van der Waals surface area contributed by atoms with Crippen LogP contribution in [0.3, 0.4) is 0 Å². The number of rotatable bonds is 4. The first-order valence-corrected chi connectivity index (χ1v) is 8.18. The molecule has 23 heavy (non-hydrogen) atoms. The number of carbonyl (C=O) groups is 1. The van der Waals surface area contributed by atoms with Crippen molar-refractivity contribution in [3.8, 4) is 0 Å². The van der Waals surface area contributed by atoms with Gasteiger partial charge in [-0.25, -0.2) is 4.98 Å². The highest BCUT2D eigenvalue weighted by molar-refractivity contribution is 7.19. The molecule has 0 N–H and O–H groups in total. The third-order valence-corrected chi connectivity index (χ3v) is 4.77. The minimum Gasteiger partial charge on any atom is -0.550 e. The second kappa shape index (κ2) is 6.34. The van der Waals surface area contributed by atoms with E-state index in [9.17, 15) is 9.90 Å². The largest absolute Gasteiger partial charge is 0.550 e. The van der Waals surface area contributed by atoms with Crippen molar-refractivity contribution >= 4 is 39.2 Å². The Morgan fingerprint density at radius 1 is 1.22 bits per heavy atom. The average molecular weight is 322 g/mol. The lowest BCUT2D eigenvalue weighted by Crippen LogP contribution is -2.22. The summed E-state index contributed by atoms with van der Waals surface area (Å²) in [5, 5.41) is 11.9. The van der Waals surface area contributed by atoms with Gasteiger partial charge in [0.25, 0.3) is 0 Å². The Morgan fingerprint density at radius 3 is 2.70 bits per heavy atom. The fourth-order valence-electron chi connectivity index (χ4n) is 2.53. The Morgan fingerprint density at radius 2 is 2.00 bits per heavy atom. The van der Waals surface area contributed by atoms with E-state index in [4.69, 9.17) is 0 Å². The average Bonchev–Trinajstić information content (AvgIpc) is 2.92. The van der Waals surface area contributed by atoms with Crippen LogP contribution in [0.25, 0.3) is 21.9 Å². The first-order valence-electron chi connectivity index (χ1n) is 7.36. The van der Waals surface area contributed by atoms with Crippen LogP contribution >= 0.6 is 11.3 Å². The van der Waals surface area contributed by atoms with Crippen LogP contribution in [0.1, 0.15) is 28.1 Å². The van der Waals surface area contributed by atoms with Crippen LogP contribution in [0.5, 0.6) is 0 Å². The normalized spacial score (nSPS) is 11.8. The standard InChI is InChI=1S/C19H17NO2S/c1-12-7-8-14(13(2)9-12)10-15(11-18(21)22)19-20-16-5-3-4-6-17(16)23-19/h3-10H,11H2,1-2H3,(H,21,22)/p-1/b15-10+. The summed E-state index contributed by atoms with van der Waals surface area (Å²) in [6, 6.07) is 13.9. The number of benzene rings is 2. The Hall–Kier alpha value is -2.46. The number of hydrogen-bond acceptors (Lipinski definition) is 4. The van der Waals surface area contributed by atoms with Gasteiger partial charge < -0.3 is 9.90 Å². The van der Waals surface area contributed by atoms with Gasteiger partial charge in [0.1, 0.15) is 5.01 Å². The number of nitrogens with zero attached hydrogens (tertiary/aromatic N) is 1. The lowest BCUT2D eigenvalue weighted by Gasteiger charge is -2.08. The predicted molar refractivity (Wildman–Crippen MR) is 93.0 cm³/mol. The van der Waals surface area contributed by atoms with Gasteiger partial charge in [-0.2, -0.15) is 0 Å². The number of aliphatic carboxylic acids is 1. The molecule has 0 bridgehead atoms. The number of aromatic nitrogens is 1. The lowest BCUT2D eigenvalue weighted by molar-refractivity contribution is -0.304. The van der Waals surface area contributed by atoms with Gasteiger partial charge in [0.2, 0.25) is 0 Å². The van der Waals surface area contributed by atoms with Crippen LogP contribution in [0.4, 0.5) is 0 Å². The van der Waals surface area contributed by atoms with Gasteiger partial charge in [0.15, 0.2) is 0 Å². The van der Waals surface area contributed by atoms with Gasteiger partial charge in [-0.3, -0.25) is 0 Å². The summed E-state index contributed by atoms with van der Waals surface area (Å²) in [5.41, 5.74) is 4.87. The van der Waals surface area contributed by atoms with Crippen LogP contribution in [-0.4, -0.2) is 11.0 Å². The fraction of sp³-hybridized carbons (Fsp3) is 0.158. The highest BCUT2D eigenvalue weighted by Gasteiger charge is 2.10. The molecule has 0 aliphatic carbocycles. The molecule has 0 aliphatic rings. The highest BCUT2D eigenvalue weighted by atomic mass is 32.1. The van der Waals surface area contributed by atoms with Crippen molar-refractivity contribution in [2.75, 3.05) is 0 Å². The topological polar surface area (TPSA) is 53.0 Å². The maximum absolute atomic E-state index is 11.2. The van der Waals surface area contributed by atoms with E-state index in [0.717, 1.165) is 26.4 Å². The maximum Gasteiger partial charge on any atom is 0.120 e. The SMILES string of the molecule is Cc1ccc(/C=C(\CC(=O)[O-])c2nc3ccccc3s2)c(C)c1. The molecule has 0 spiro atoms. The number of aryl methyl sites for hydroxylation is 2. The first-order chi connectivity index (χ1) is 11.0. The molecule has 3 nitrogen and oxygen atoms in total. The summed E-state index contributed by atoms with van der Waals surface area (Å²) >= 11 is 1.51. The zero-order valence-corrected chi connectivity index (χ0v) is 13.8. The second-order valence-electron chi connectivity index (χ2n) is 5.57. The molecule has 4 heteroatoms. The Bertz CT molecular complexity index is 876. The number of carboxylic acid groups (broad SMARTS) is 1. The zero-order valence-electron chi connectivity index (χ0n) is 13.0. The molecule has 0 saturated carbocycles. The Labute approximate surface area is 138 Å². The number of carbonyl (C=O) groups excluding carboxylic acids is 1. The van der Waals surface area contributed by atoms with E-state index in [1.54, 1.807) is 0 Å². The van der Waals surface area contributed by atoms with Crippen LogP contribution in [-0.2, 0) is 4.79 Å².